The second-order valence-corrected chi connectivity index (χ2v) is 10.5. The summed E-state index contributed by atoms with van der Waals surface area (Å²) in [6.07, 6.45) is 4.73. The van der Waals surface area contributed by atoms with E-state index in [1.54, 1.807) is 12.3 Å². The van der Waals surface area contributed by atoms with Crippen molar-refractivity contribution in [3.8, 4) is 0 Å². The fourth-order valence-electron chi connectivity index (χ4n) is 4.19. The minimum atomic E-state index is -0.165. The molecule has 5 rings (SSSR count). The first kappa shape index (κ1) is 23.7. The van der Waals surface area contributed by atoms with Gasteiger partial charge in [0.15, 0.2) is 0 Å². The number of aromatic nitrogens is 3. The molecule has 0 fully saturated rings. The standard InChI is InChI=1S/C28H24Br2N4O/c1-3-18(2)27-32-25-13-12-22(30)14-24(25)28(35)34(27)31-15-20-17-33(26-7-5-4-6-23(20)26)16-19-8-10-21(29)11-9-19/h4-15,17-18H,3,16H2,1-2H3/t18-/m1/s1. The molecule has 1 atom stereocenters. The first-order chi connectivity index (χ1) is 16.9. The van der Waals surface area contributed by atoms with Gasteiger partial charge in [-0.15, -0.1) is 0 Å². The van der Waals surface area contributed by atoms with Crippen LogP contribution in [0.5, 0.6) is 0 Å². The van der Waals surface area contributed by atoms with Crippen molar-refractivity contribution in [2.45, 2.75) is 32.7 Å². The topological polar surface area (TPSA) is 52.2 Å². The molecule has 0 radical (unpaired) electrons. The minimum absolute atomic E-state index is 0.0895. The number of hydrogen-bond donors (Lipinski definition) is 0. The van der Waals surface area contributed by atoms with Crippen molar-refractivity contribution in [1.82, 2.24) is 14.2 Å². The number of para-hydroxylation sites is 1. The Balaban J connectivity index is 1.61. The third-order valence-corrected chi connectivity index (χ3v) is 7.31. The molecule has 5 nitrogen and oxygen atoms in total. The highest BCUT2D eigenvalue weighted by molar-refractivity contribution is 9.10. The second-order valence-electron chi connectivity index (χ2n) is 8.66. The number of halogens is 2. The maximum atomic E-state index is 13.5. The molecule has 0 bridgehead atoms. The number of nitrogens with zero attached hydrogens (tertiary/aromatic N) is 4. The van der Waals surface area contributed by atoms with Gasteiger partial charge < -0.3 is 4.57 Å². The van der Waals surface area contributed by atoms with Crippen LogP contribution in [0.1, 0.15) is 43.1 Å². The van der Waals surface area contributed by atoms with Crippen LogP contribution in [0.4, 0.5) is 0 Å². The lowest BCUT2D eigenvalue weighted by Gasteiger charge is -2.13. The Morgan fingerprint density at radius 1 is 1.00 bits per heavy atom. The predicted molar refractivity (Wildman–Crippen MR) is 151 cm³/mol. The zero-order valence-corrected chi connectivity index (χ0v) is 22.6. The molecule has 0 N–H and O–H groups in total. The molecule has 3 aromatic carbocycles. The van der Waals surface area contributed by atoms with Gasteiger partial charge in [0.1, 0.15) is 5.82 Å². The maximum Gasteiger partial charge on any atom is 0.282 e. The van der Waals surface area contributed by atoms with E-state index in [9.17, 15) is 4.79 Å². The van der Waals surface area contributed by atoms with E-state index in [1.807, 2.05) is 24.3 Å². The summed E-state index contributed by atoms with van der Waals surface area (Å²) in [5.41, 5.74) is 3.80. The molecule has 0 saturated carbocycles. The molecule has 7 heteroatoms. The lowest BCUT2D eigenvalue weighted by Crippen LogP contribution is -2.23. The van der Waals surface area contributed by atoms with E-state index in [0.717, 1.165) is 38.4 Å². The monoisotopic (exact) mass is 590 g/mol. The summed E-state index contributed by atoms with van der Waals surface area (Å²) in [6, 6.07) is 22.2. The Bertz CT molecular complexity index is 1620. The molecule has 2 aromatic heterocycles. The Kier molecular flexibility index (Phi) is 6.71. The number of fused-ring (bicyclic) bond motifs is 2. The molecule has 0 aliphatic carbocycles. The van der Waals surface area contributed by atoms with Gasteiger partial charge in [-0.2, -0.15) is 9.78 Å². The fourth-order valence-corrected chi connectivity index (χ4v) is 4.82. The van der Waals surface area contributed by atoms with Crippen LogP contribution >= 0.6 is 31.9 Å². The highest BCUT2D eigenvalue weighted by atomic mass is 79.9. The molecule has 0 aliphatic rings. The van der Waals surface area contributed by atoms with Crippen LogP contribution in [0.2, 0.25) is 0 Å². The molecule has 5 aromatic rings. The average molecular weight is 592 g/mol. The van der Waals surface area contributed by atoms with Crippen LogP contribution in [-0.2, 0) is 6.54 Å². The Hall–Kier alpha value is -3.03. The molecular weight excluding hydrogens is 568 g/mol. The van der Waals surface area contributed by atoms with Crippen molar-refractivity contribution in [2.75, 3.05) is 0 Å². The zero-order valence-electron chi connectivity index (χ0n) is 19.5. The van der Waals surface area contributed by atoms with Gasteiger partial charge >= 0.3 is 0 Å². The average Bonchev–Trinajstić information content (AvgIpc) is 3.22. The third kappa shape index (κ3) is 4.75. The van der Waals surface area contributed by atoms with Gasteiger partial charge in [0, 0.05) is 44.1 Å². The van der Waals surface area contributed by atoms with E-state index in [2.05, 4.69) is 98.0 Å². The molecule has 2 heterocycles. The number of rotatable bonds is 6. The molecule has 35 heavy (non-hydrogen) atoms. The summed E-state index contributed by atoms with van der Waals surface area (Å²) < 4.78 is 5.58. The Morgan fingerprint density at radius 3 is 2.51 bits per heavy atom. The summed E-state index contributed by atoms with van der Waals surface area (Å²) in [7, 11) is 0. The highest BCUT2D eigenvalue weighted by Gasteiger charge is 2.16. The summed E-state index contributed by atoms with van der Waals surface area (Å²) in [6.45, 7) is 4.90. The summed E-state index contributed by atoms with van der Waals surface area (Å²) in [5.74, 6) is 0.758. The molecule has 176 valence electrons. The normalized spacial score (nSPS) is 12.7. The van der Waals surface area contributed by atoms with E-state index in [-0.39, 0.29) is 11.5 Å². The van der Waals surface area contributed by atoms with Crippen molar-refractivity contribution >= 4 is 59.9 Å². The molecule has 0 unspecified atom stereocenters. The molecule has 0 aliphatic heterocycles. The van der Waals surface area contributed by atoms with Gasteiger partial charge in [0.25, 0.3) is 5.56 Å². The Morgan fingerprint density at radius 2 is 1.74 bits per heavy atom. The van der Waals surface area contributed by atoms with Crippen molar-refractivity contribution in [3.05, 3.63) is 109 Å². The maximum absolute atomic E-state index is 13.5. The largest absolute Gasteiger partial charge is 0.342 e. The van der Waals surface area contributed by atoms with Crippen molar-refractivity contribution < 1.29 is 0 Å². The van der Waals surface area contributed by atoms with Gasteiger partial charge in [-0.1, -0.05) is 76.0 Å². The van der Waals surface area contributed by atoms with Crippen molar-refractivity contribution in [1.29, 1.82) is 0 Å². The van der Waals surface area contributed by atoms with Crippen LogP contribution in [0.15, 0.2) is 91.8 Å². The molecule has 0 saturated heterocycles. The molecule has 0 amide bonds. The quantitative estimate of drug-likeness (QED) is 0.194. The molecule has 0 spiro atoms. The highest BCUT2D eigenvalue weighted by Crippen LogP contribution is 2.23. The van der Waals surface area contributed by atoms with E-state index in [4.69, 9.17) is 4.98 Å². The predicted octanol–water partition coefficient (Wildman–Crippen LogP) is 7.32. The van der Waals surface area contributed by atoms with E-state index >= 15 is 0 Å². The van der Waals surface area contributed by atoms with Gasteiger partial charge in [-0.05, 0) is 48.4 Å². The summed E-state index contributed by atoms with van der Waals surface area (Å²) in [4.78, 5) is 18.3. The smallest absolute Gasteiger partial charge is 0.282 e. The summed E-state index contributed by atoms with van der Waals surface area (Å²) in [5, 5.41) is 6.32. The second kappa shape index (κ2) is 9.91. The lowest BCUT2D eigenvalue weighted by molar-refractivity contribution is 0.613. The van der Waals surface area contributed by atoms with E-state index < -0.39 is 0 Å². The van der Waals surface area contributed by atoms with Gasteiger partial charge in [-0.25, -0.2) is 4.98 Å². The fraction of sp³-hybridized carbons (Fsp3) is 0.179. The number of hydrogen-bond acceptors (Lipinski definition) is 3. The third-order valence-electron chi connectivity index (χ3n) is 6.28. The van der Waals surface area contributed by atoms with Crippen LogP contribution in [0.3, 0.4) is 0 Å². The SMILES string of the molecule is CC[C@@H](C)c1nc2ccc(Br)cc2c(=O)n1N=Cc1cn(Cc2ccc(Br)cc2)c2ccccc12. The number of benzene rings is 3. The molecular formula is C28H24Br2N4O. The minimum Gasteiger partial charge on any atom is -0.342 e. The lowest BCUT2D eigenvalue weighted by atomic mass is 10.1. The first-order valence-electron chi connectivity index (χ1n) is 11.5. The van der Waals surface area contributed by atoms with Crippen LogP contribution < -0.4 is 5.56 Å². The van der Waals surface area contributed by atoms with Crippen LogP contribution in [0.25, 0.3) is 21.8 Å². The van der Waals surface area contributed by atoms with E-state index in [1.165, 1.54) is 10.2 Å². The summed E-state index contributed by atoms with van der Waals surface area (Å²) >= 11 is 6.97. The van der Waals surface area contributed by atoms with Crippen LogP contribution in [-0.4, -0.2) is 20.4 Å². The Labute approximate surface area is 220 Å². The zero-order chi connectivity index (χ0) is 24.5. The first-order valence-corrected chi connectivity index (χ1v) is 13.1. The van der Waals surface area contributed by atoms with Gasteiger partial charge in [0.2, 0.25) is 0 Å². The van der Waals surface area contributed by atoms with Gasteiger partial charge in [-0.3, -0.25) is 4.79 Å². The van der Waals surface area contributed by atoms with Crippen molar-refractivity contribution in [2.24, 2.45) is 5.10 Å². The van der Waals surface area contributed by atoms with Gasteiger partial charge in [0.05, 0.1) is 17.1 Å². The van der Waals surface area contributed by atoms with E-state index in [0.29, 0.717) is 16.7 Å². The van der Waals surface area contributed by atoms with Crippen LogP contribution in [0, 0.1) is 0 Å². The van der Waals surface area contributed by atoms with Crippen molar-refractivity contribution in [3.63, 3.8) is 0 Å².